The zero-order valence-corrected chi connectivity index (χ0v) is 16.3. The minimum atomic E-state index is -0.355. The lowest BCUT2D eigenvalue weighted by Gasteiger charge is -2.17. The molecule has 0 spiro atoms. The molecule has 4 rings (SSSR count). The van der Waals surface area contributed by atoms with Crippen molar-refractivity contribution in [2.45, 2.75) is 13.5 Å². The lowest BCUT2D eigenvalue weighted by Crippen LogP contribution is -2.22. The van der Waals surface area contributed by atoms with Crippen LogP contribution in [0.15, 0.2) is 66.4 Å². The van der Waals surface area contributed by atoms with Gasteiger partial charge in [0.05, 0.1) is 23.6 Å². The fourth-order valence-corrected chi connectivity index (χ4v) is 3.65. The van der Waals surface area contributed by atoms with Crippen LogP contribution in [-0.4, -0.2) is 25.7 Å². The summed E-state index contributed by atoms with van der Waals surface area (Å²) in [4.78, 5) is 22.4. The first-order chi connectivity index (χ1) is 14.1. The van der Waals surface area contributed by atoms with Gasteiger partial charge in [0.15, 0.2) is 5.13 Å². The zero-order valence-electron chi connectivity index (χ0n) is 15.5. The van der Waals surface area contributed by atoms with Crippen molar-refractivity contribution in [2.75, 3.05) is 10.2 Å². The molecule has 9 heteroatoms. The maximum atomic E-state index is 13.2. The maximum absolute atomic E-state index is 13.2. The lowest BCUT2D eigenvalue weighted by atomic mass is 10.3. The SMILES string of the molecule is CC(=O)N(c1ccc(F)cc1)c1nc(CNc2cc(-n3cccn3)ccn2)cs1. The number of benzene rings is 1. The second-order valence-corrected chi connectivity index (χ2v) is 6.99. The van der Waals surface area contributed by atoms with Gasteiger partial charge in [-0.2, -0.15) is 5.10 Å². The Labute approximate surface area is 170 Å². The van der Waals surface area contributed by atoms with Gasteiger partial charge >= 0.3 is 0 Å². The number of amides is 1. The number of nitrogens with one attached hydrogen (secondary N) is 1. The van der Waals surface area contributed by atoms with Crippen LogP contribution < -0.4 is 10.2 Å². The summed E-state index contributed by atoms with van der Waals surface area (Å²) in [5.41, 5.74) is 2.23. The quantitative estimate of drug-likeness (QED) is 0.518. The van der Waals surface area contributed by atoms with Crippen LogP contribution in [0, 0.1) is 5.82 Å². The number of halogens is 1. The molecule has 7 nitrogen and oxygen atoms in total. The standard InChI is InChI=1S/C20H17FN6OS/c1-14(28)27(17-5-3-15(21)4-6-17)20-25-16(13-29-20)12-23-19-11-18(7-9-22-19)26-10-2-8-24-26/h2-11,13H,12H2,1H3,(H,22,23). The summed E-state index contributed by atoms with van der Waals surface area (Å²) in [7, 11) is 0. The summed E-state index contributed by atoms with van der Waals surface area (Å²) >= 11 is 1.35. The molecular formula is C20H17FN6OS. The predicted molar refractivity (Wildman–Crippen MR) is 110 cm³/mol. The number of aromatic nitrogens is 4. The number of carbonyl (C=O) groups is 1. The number of hydrogen-bond donors (Lipinski definition) is 1. The molecule has 0 aliphatic rings. The minimum Gasteiger partial charge on any atom is -0.364 e. The van der Waals surface area contributed by atoms with E-state index in [9.17, 15) is 9.18 Å². The van der Waals surface area contributed by atoms with Gasteiger partial charge in [-0.05, 0) is 36.4 Å². The average molecular weight is 408 g/mol. The van der Waals surface area contributed by atoms with E-state index in [2.05, 4.69) is 20.4 Å². The van der Waals surface area contributed by atoms with Crippen molar-refractivity contribution >= 4 is 33.9 Å². The van der Waals surface area contributed by atoms with E-state index in [0.29, 0.717) is 23.2 Å². The first-order valence-corrected chi connectivity index (χ1v) is 9.69. The molecule has 0 radical (unpaired) electrons. The van der Waals surface area contributed by atoms with Crippen LogP contribution in [0.1, 0.15) is 12.6 Å². The Balaban J connectivity index is 1.48. The summed E-state index contributed by atoms with van der Waals surface area (Å²) in [6.45, 7) is 1.90. The Morgan fingerprint density at radius 2 is 2.07 bits per heavy atom. The highest BCUT2D eigenvalue weighted by molar-refractivity contribution is 7.14. The fraction of sp³-hybridized carbons (Fsp3) is 0.100. The molecule has 0 bridgehead atoms. The van der Waals surface area contributed by atoms with Crippen molar-refractivity contribution in [3.05, 3.63) is 77.9 Å². The third kappa shape index (κ3) is 4.30. The molecule has 146 valence electrons. The van der Waals surface area contributed by atoms with Crippen molar-refractivity contribution in [3.63, 3.8) is 0 Å². The van der Waals surface area contributed by atoms with E-state index in [1.165, 1.54) is 35.3 Å². The van der Waals surface area contributed by atoms with E-state index in [1.54, 1.807) is 29.2 Å². The Kier molecular flexibility index (Phi) is 5.30. The van der Waals surface area contributed by atoms with Crippen LogP contribution in [0.25, 0.3) is 5.69 Å². The van der Waals surface area contributed by atoms with Gasteiger partial charge in [0.1, 0.15) is 11.6 Å². The van der Waals surface area contributed by atoms with Crippen molar-refractivity contribution in [1.82, 2.24) is 19.7 Å². The normalized spacial score (nSPS) is 10.7. The van der Waals surface area contributed by atoms with Gasteiger partial charge in [-0.1, -0.05) is 0 Å². The maximum Gasteiger partial charge on any atom is 0.230 e. The Morgan fingerprint density at radius 1 is 1.24 bits per heavy atom. The van der Waals surface area contributed by atoms with Crippen LogP contribution in [0.3, 0.4) is 0 Å². The molecule has 0 aliphatic heterocycles. The van der Waals surface area contributed by atoms with E-state index in [-0.39, 0.29) is 11.7 Å². The molecular weight excluding hydrogens is 391 g/mol. The zero-order chi connectivity index (χ0) is 20.2. The average Bonchev–Trinajstić information content (AvgIpc) is 3.40. The number of carbonyl (C=O) groups excluding carboxylic acids is 1. The lowest BCUT2D eigenvalue weighted by molar-refractivity contribution is -0.115. The van der Waals surface area contributed by atoms with Crippen molar-refractivity contribution < 1.29 is 9.18 Å². The van der Waals surface area contributed by atoms with Crippen LogP contribution in [0.2, 0.25) is 0 Å². The van der Waals surface area contributed by atoms with E-state index < -0.39 is 0 Å². The molecule has 1 aromatic carbocycles. The number of anilines is 3. The molecule has 0 saturated carbocycles. The summed E-state index contributed by atoms with van der Waals surface area (Å²) in [6.07, 6.45) is 5.28. The molecule has 0 fully saturated rings. The molecule has 0 unspecified atom stereocenters. The molecule has 29 heavy (non-hydrogen) atoms. The highest BCUT2D eigenvalue weighted by Crippen LogP contribution is 2.29. The number of hydrogen-bond acceptors (Lipinski definition) is 6. The molecule has 0 saturated heterocycles. The molecule has 3 heterocycles. The van der Waals surface area contributed by atoms with Gasteiger partial charge in [-0.3, -0.25) is 9.69 Å². The van der Waals surface area contributed by atoms with E-state index in [4.69, 9.17) is 0 Å². The fourth-order valence-electron chi connectivity index (χ4n) is 2.76. The first-order valence-electron chi connectivity index (χ1n) is 8.81. The van der Waals surface area contributed by atoms with Crippen LogP contribution in [-0.2, 0) is 11.3 Å². The summed E-state index contributed by atoms with van der Waals surface area (Å²) in [6, 6.07) is 11.4. The summed E-state index contributed by atoms with van der Waals surface area (Å²) < 4.78 is 15.0. The number of nitrogens with zero attached hydrogens (tertiary/aromatic N) is 5. The molecule has 1 N–H and O–H groups in total. The monoisotopic (exact) mass is 408 g/mol. The largest absolute Gasteiger partial charge is 0.364 e. The highest BCUT2D eigenvalue weighted by Gasteiger charge is 2.18. The topological polar surface area (TPSA) is 75.9 Å². The van der Waals surface area contributed by atoms with Crippen LogP contribution in [0.4, 0.5) is 21.0 Å². The van der Waals surface area contributed by atoms with Gasteiger partial charge in [0.25, 0.3) is 0 Å². The van der Waals surface area contributed by atoms with E-state index in [0.717, 1.165) is 11.4 Å². The molecule has 4 aromatic rings. The molecule has 0 atom stereocenters. The number of thiazole rings is 1. The van der Waals surface area contributed by atoms with Crippen molar-refractivity contribution in [1.29, 1.82) is 0 Å². The third-order valence-corrected chi connectivity index (χ3v) is 4.97. The Bertz CT molecular complexity index is 1110. The van der Waals surface area contributed by atoms with Crippen molar-refractivity contribution in [3.8, 4) is 5.69 Å². The molecule has 1 amide bonds. The number of pyridine rings is 1. The van der Waals surface area contributed by atoms with E-state index in [1.807, 2.05) is 29.8 Å². The van der Waals surface area contributed by atoms with Gasteiger partial charge in [-0.25, -0.2) is 19.0 Å². The van der Waals surface area contributed by atoms with Crippen LogP contribution >= 0.6 is 11.3 Å². The van der Waals surface area contributed by atoms with Crippen LogP contribution in [0.5, 0.6) is 0 Å². The smallest absolute Gasteiger partial charge is 0.230 e. The predicted octanol–water partition coefficient (Wildman–Crippen LogP) is 4.16. The highest BCUT2D eigenvalue weighted by atomic mass is 32.1. The van der Waals surface area contributed by atoms with Gasteiger partial charge in [0.2, 0.25) is 5.91 Å². The second-order valence-electron chi connectivity index (χ2n) is 6.16. The Morgan fingerprint density at radius 3 is 2.79 bits per heavy atom. The molecule has 0 aliphatic carbocycles. The Hall–Kier alpha value is -3.59. The third-order valence-electron chi connectivity index (χ3n) is 4.09. The van der Waals surface area contributed by atoms with E-state index >= 15 is 0 Å². The minimum absolute atomic E-state index is 0.195. The molecule has 3 aromatic heterocycles. The second kappa shape index (κ2) is 8.19. The summed E-state index contributed by atoms with van der Waals surface area (Å²) in [5, 5.41) is 9.84. The van der Waals surface area contributed by atoms with Gasteiger partial charge < -0.3 is 5.32 Å². The summed E-state index contributed by atoms with van der Waals surface area (Å²) in [5.74, 6) is 0.139. The number of rotatable bonds is 6. The van der Waals surface area contributed by atoms with Gasteiger partial charge in [0, 0.05) is 37.0 Å². The first kappa shape index (κ1) is 18.8. The van der Waals surface area contributed by atoms with Gasteiger partial charge in [-0.15, -0.1) is 11.3 Å². The van der Waals surface area contributed by atoms with Crippen molar-refractivity contribution in [2.24, 2.45) is 0 Å².